The summed E-state index contributed by atoms with van der Waals surface area (Å²) in [7, 11) is 0. The number of aliphatic imine (C=N–C) groups is 1. The Labute approximate surface area is 236 Å². The Hall–Kier alpha value is -4.90. The molecule has 0 aromatic heterocycles. The summed E-state index contributed by atoms with van der Waals surface area (Å²) in [4.78, 5) is 34.3. The number of hydrogen-bond acceptors (Lipinski definition) is 8. The molecule has 1 aliphatic rings. The first kappa shape index (κ1) is 29.1. The van der Waals surface area contributed by atoms with Gasteiger partial charge in [0.25, 0.3) is 0 Å². The van der Waals surface area contributed by atoms with Crippen molar-refractivity contribution in [3.63, 3.8) is 0 Å². The van der Waals surface area contributed by atoms with Crippen LogP contribution in [-0.2, 0) is 34.0 Å². The number of rotatable bonds is 11. The smallest absolute Gasteiger partial charge is 0.417 e. The number of benzene rings is 3. The number of aliphatic hydroxyl groups is 1. The van der Waals surface area contributed by atoms with Gasteiger partial charge in [0.15, 0.2) is 0 Å². The third kappa shape index (κ3) is 8.54. The number of carbonyl (C=O) groups is 2. The third-order valence-electron chi connectivity index (χ3n) is 6.20. The fourth-order valence-electron chi connectivity index (χ4n) is 4.14. The molecule has 1 aliphatic heterocycles. The number of amides is 2. The Morgan fingerprint density at radius 3 is 2.00 bits per heavy atom. The Kier molecular flexibility index (Phi) is 10.7. The van der Waals surface area contributed by atoms with Crippen LogP contribution in [0.1, 0.15) is 16.7 Å². The van der Waals surface area contributed by atoms with E-state index >= 15 is 0 Å². The van der Waals surface area contributed by atoms with Crippen molar-refractivity contribution in [1.29, 1.82) is 0 Å². The molecule has 3 aromatic carbocycles. The van der Waals surface area contributed by atoms with Crippen LogP contribution in [0.15, 0.2) is 101 Å². The molecule has 0 saturated carbocycles. The van der Waals surface area contributed by atoms with Crippen LogP contribution in [0.2, 0.25) is 0 Å². The second-order valence-electron chi connectivity index (χ2n) is 9.07. The Balaban J connectivity index is 1.52. The first-order valence-corrected chi connectivity index (χ1v) is 12.9. The maximum Gasteiger partial charge on any atom is 0.417 e. The minimum Gasteiger partial charge on any atom is -0.444 e. The summed E-state index contributed by atoms with van der Waals surface area (Å²) in [5.74, 6) is -0.114. The largest absolute Gasteiger partial charge is 0.444 e. The number of carbonyl (C=O) groups excluding carboxylic acids is 2. The number of hydrogen-bond donors (Lipinski definition) is 2. The van der Waals surface area contributed by atoms with Crippen LogP contribution in [0, 0.1) is 0 Å². The van der Waals surface area contributed by atoms with Gasteiger partial charge in [0.05, 0.1) is 37.9 Å². The van der Waals surface area contributed by atoms with Crippen molar-refractivity contribution < 1.29 is 28.9 Å². The predicted molar refractivity (Wildman–Crippen MR) is 149 cm³/mol. The fraction of sp³-hybridized carbons (Fsp3) is 0.276. The molecule has 212 valence electrons. The van der Waals surface area contributed by atoms with Gasteiger partial charge in [-0.15, -0.1) is 0 Å². The molecule has 0 fully saturated rings. The SMILES string of the molecule is [N-]=[N+]=N[C@H](CO)[C@@H](OCc1ccccc1)[C@@H]1CN(C(=O)OCc2ccccc2)C(NC(=O)OCc2ccccc2)=N1. The van der Waals surface area contributed by atoms with E-state index in [9.17, 15) is 14.7 Å². The second kappa shape index (κ2) is 15.0. The highest BCUT2D eigenvalue weighted by Gasteiger charge is 2.40. The average Bonchev–Trinajstić information content (AvgIpc) is 3.43. The first-order chi connectivity index (χ1) is 20.1. The van der Waals surface area contributed by atoms with Gasteiger partial charge in [0.1, 0.15) is 13.2 Å². The van der Waals surface area contributed by atoms with E-state index in [1.165, 1.54) is 0 Å². The number of guanidine groups is 1. The van der Waals surface area contributed by atoms with Crippen molar-refractivity contribution in [2.24, 2.45) is 10.1 Å². The molecule has 0 spiro atoms. The lowest BCUT2D eigenvalue weighted by Crippen LogP contribution is -2.47. The van der Waals surface area contributed by atoms with Crippen LogP contribution in [0.25, 0.3) is 10.4 Å². The molecule has 0 aliphatic carbocycles. The van der Waals surface area contributed by atoms with Crippen LogP contribution < -0.4 is 5.32 Å². The molecule has 12 nitrogen and oxygen atoms in total. The van der Waals surface area contributed by atoms with Gasteiger partial charge in [-0.05, 0) is 22.2 Å². The van der Waals surface area contributed by atoms with Crippen molar-refractivity contribution in [2.75, 3.05) is 13.2 Å². The molecular weight excluding hydrogens is 528 g/mol. The molecule has 4 rings (SSSR count). The molecule has 1 heterocycles. The van der Waals surface area contributed by atoms with Crippen molar-refractivity contribution in [1.82, 2.24) is 10.2 Å². The zero-order valence-corrected chi connectivity index (χ0v) is 22.2. The van der Waals surface area contributed by atoms with Crippen molar-refractivity contribution >= 4 is 18.1 Å². The lowest BCUT2D eigenvalue weighted by atomic mass is 10.0. The Morgan fingerprint density at radius 1 is 0.927 bits per heavy atom. The highest BCUT2D eigenvalue weighted by atomic mass is 16.6. The van der Waals surface area contributed by atoms with Crippen LogP contribution in [0.5, 0.6) is 0 Å². The summed E-state index contributed by atoms with van der Waals surface area (Å²) in [6.07, 6.45) is -2.52. The van der Waals surface area contributed by atoms with E-state index in [0.29, 0.717) is 0 Å². The van der Waals surface area contributed by atoms with E-state index in [1.54, 1.807) is 0 Å². The van der Waals surface area contributed by atoms with E-state index in [1.807, 2.05) is 91.0 Å². The first-order valence-electron chi connectivity index (χ1n) is 12.9. The average molecular weight is 559 g/mol. The number of ether oxygens (including phenoxy) is 3. The zero-order chi connectivity index (χ0) is 28.9. The minimum absolute atomic E-state index is 0.00149. The molecular formula is C29H30N6O6. The van der Waals surface area contributed by atoms with Gasteiger partial charge in [0, 0.05) is 4.91 Å². The van der Waals surface area contributed by atoms with Crippen LogP contribution in [-0.4, -0.2) is 59.5 Å². The fourth-order valence-corrected chi connectivity index (χ4v) is 4.14. The topological polar surface area (TPSA) is 158 Å². The van der Waals surface area contributed by atoms with E-state index in [-0.39, 0.29) is 32.3 Å². The second-order valence-corrected chi connectivity index (χ2v) is 9.07. The van der Waals surface area contributed by atoms with Gasteiger partial charge >= 0.3 is 12.2 Å². The number of nitrogens with zero attached hydrogens (tertiary/aromatic N) is 5. The third-order valence-corrected chi connectivity index (χ3v) is 6.20. The summed E-state index contributed by atoms with van der Waals surface area (Å²) in [6.45, 7) is -0.448. The molecule has 0 radical (unpaired) electrons. The van der Waals surface area contributed by atoms with E-state index < -0.39 is 37.0 Å². The Bertz CT molecular complexity index is 1350. The monoisotopic (exact) mass is 558 g/mol. The summed E-state index contributed by atoms with van der Waals surface area (Å²) >= 11 is 0. The quantitative estimate of drug-likeness (QED) is 0.200. The normalized spacial score (nSPS) is 15.7. The van der Waals surface area contributed by atoms with Crippen LogP contribution in [0.4, 0.5) is 9.59 Å². The standard InChI is InChI=1S/C29H30N6O6/c30-34-33-25(17-36)26(39-18-21-10-4-1-5-11-21)24-16-35(29(38)41-20-23-14-8-3-9-15-23)27(31-24)32-28(37)40-19-22-12-6-2-7-13-22/h1-15,24-26,36H,16-20H2,(H,31,32,37)/t24-,25+,26-/m0/s1. The molecule has 41 heavy (non-hydrogen) atoms. The van der Waals surface area contributed by atoms with Gasteiger partial charge in [-0.3, -0.25) is 5.32 Å². The number of nitrogens with one attached hydrogen (secondary N) is 1. The molecule has 0 saturated heterocycles. The zero-order valence-electron chi connectivity index (χ0n) is 22.2. The predicted octanol–water partition coefficient (Wildman–Crippen LogP) is 4.55. The number of azide groups is 1. The van der Waals surface area contributed by atoms with Crippen LogP contribution >= 0.6 is 0 Å². The van der Waals surface area contributed by atoms with E-state index in [2.05, 4.69) is 20.3 Å². The molecule has 2 amide bonds. The minimum atomic E-state index is -1.01. The maximum absolute atomic E-state index is 13.2. The lowest BCUT2D eigenvalue weighted by Gasteiger charge is -2.27. The number of alkyl carbamates (subject to hydrolysis) is 1. The van der Waals surface area contributed by atoms with Crippen molar-refractivity contribution in [3.05, 3.63) is 118 Å². The Morgan fingerprint density at radius 2 is 1.46 bits per heavy atom. The van der Waals surface area contributed by atoms with Gasteiger partial charge in [0.2, 0.25) is 5.96 Å². The molecule has 3 aromatic rings. The molecule has 3 atom stereocenters. The summed E-state index contributed by atoms with van der Waals surface area (Å²) < 4.78 is 16.9. The lowest BCUT2D eigenvalue weighted by molar-refractivity contribution is -0.00490. The molecule has 2 N–H and O–H groups in total. The molecule has 0 bridgehead atoms. The summed E-state index contributed by atoms with van der Waals surface area (Å²) in [5, 5.41) is 16.2. The summed E-state index contributed by atoms with van der Waals surface area (Å²) in [6, 6.07) is 25.7. The number of aliphatic hydroxyl groups excluding tert-OH is 1. The van der Waals surface area contributed by atoms with Crippen LogP contribution in [0.3, 0.4) is 0 Å². The molecule has 0 unspecified atom stereocenters. The van der Waals surface area contributed by atoms with E-state index in [4.69, 9.17) is 19.7 Å². The van der Waals surface area contributed by atoms with Gasteiger partial charge < -0.3 is 19.3 Å². The van der Waals surface area contributed by atoms with Crippen molar-refractivity contribution in [3.8, 4) is 0 Å². The maximum atomic E-state index is 13.2. The molecule has 12 heteroatoms. The van der Waals surface area contributed by atoms with Gasteiger partial charge in [-0.2, -0.15) is 0 Å². The highest BCUT2D eigenvalue weighted by molar-refractivity contribution is 6.02. The highest BCUT2D eigenvalue weighted by Crippen LogP contribution is 2.22. The van der Waals surface area contributed by atoms with Gasteiger partial charge in [-0.1, -0.05) is 96.1 Å². The summed E-state index contributed by atoms with van der Waals surface area (Å²) in [5.41, 5.74) is 11.5. The van der Waals surface area contributed by atoms with Crippen molar-refractivity contribution in [2.45, 2.75) is 38.0 Å². The van der Waals surface area contributed by atoms with E-state index in [0.717, 1.165) is 21.6 Å². The van der Waals surface area contributed by atoms with Gasteiger partial charge in [-0.25, -0.2) is 19.5 Å².